The number of hydrogen-bond donors (Lipinski definition) is 2. The van der Waals surface area contributed by atoms with Crippen LogP contribution in [0.1, 0.15) is 43.0 Å². The molecule has 0 aromatic heterocycles. The van der Waals surface area contributed by atoms with Crippen LogP contribution in [0.15, 0.2) is 78.9 Å². The standard InChI is InChI=1S/C34H31NO3/c1-20-19-34(3,4)35-26-15-14-25-31(30(20)26)29(38-28-17-16-27(36)33(37-5)32(25)28)18-23-12-9-13-24(21(23)2)22-10-7-6-8-11-22/h6-19,35-36H,1-5H3/b29-18-. The van der Waals surface area contributed by atoms with Crippen molar-refractivity contribution in [2.75, 3.05) is 12.4 Å². The summed E-state index contributed by atoms with van der Waals surface area (Å²) < 4.78 is 12.3. The summed E-state index contributed by atoms with van der Waals surface area (Å²) in [6, 6.07) is 24.5. The smallest absolute Gasteiger partial charge is 0.172 e. The van der Waals surface area contributed by atoms with E-state index >= 15 is 0 Å². The molecule has 0 aliphatic carbocycles. The van der Waals surface area contributed by atoms with Crippen LogP contribution in [0.3, 0.4) is 0 Å². The van der Waals surface area contributed by atoms with Crippen molar-refractivity contribution >= 4 is 23.1 Å². The number of benzene rings is 4. The first-order valence-corrected chi connectivity index (χ1v) is 12.9. The minimum absolute atomic E-state index is 0.0869. The van der Waals surface area contributed by atoms with Gasteiger partial charge in [0.2, 0.25) is 0 Å². The molecule has 4 aromatic rings. The molecule has 4 aromatic carbocycles. The quantitative estimate of drug-likeness (QED) is 0.295. The van der Waals surface area contributed by atoms with Crippen molar-refractivity contribution in [1.82, 2.24) is 0 Å². The Hall–Kier alpha value is -4.44. The lowest BCUT2D eigenvalue weighted by molar-refractivity contribution is 0.371. The van der Waals surface area contributed by atoms with Gasteiger partial charge in [0.1, 0.15) is 11.5 Å². The number of rotatable bonds is 3. The SMILES string of the molecule is COc1c(O)ccc2c1-c1ccc3c(c1/C(=C/c1cccc(-c4ccccc4)c1C)O2)C(C)=CC(C)(C)N3. The van der Waals surface area contributed by atoms with Gasteiger partial charge in [0.25, 0.3) is 0 Å². The van der Waals surface area contributed by atoms with E-state index in [1.54, 1.807) is 19.2 Å². The zero-order chi connectivity index (χ0) is 26.6. The molecule has 4 nitrogen and oxygen atoms in total. The predicted molar refractivity (Wildman–Crippen MR) is 157 cm³/mol. The second-order valence-corrected chi connectivity index (χ2v) is 10.6. The molecule has 4 heteroatoms. The predicted octanol–water partition coefficient (Wildman–Crippen LogP) is 8.54. The topological polar surface area (TPSA) is 50.7 Å². The number of phenolic OH excluding ortho intramolecular Hbond substituents is 1. The molecule has 2 aliphatic rings. The molecular formula is C34H31NO3. The lowest BCUT2D eigenvalue weighted by Gasteiger charge is -2.35. The van der Waals surface area contributed by atoms with Gasteiger partial charge in [0, 0.05) is 22.4 Å². The summed E-state index contributed by atoms with van der Waals surface area (Å²) in [6.45, 7) is 8.64. The number of methoxy groups -OCH3 is 1. The minimum Gasteiger partial charge on any atom is -0.504 e. The van der Waals surface area contributed by atoms with Crippen molar-refractivity contribution in [1.29, 1.82) is 0 Å². The molecule has 0 atom stereocenters. The number of phenols is 1. The van der Waals surface area contributed by atoms with Gasteiger partial charge in [-0.1, -0.05) is 60.7 Å². The Morgan fingerprint density at radius 1 is 0.842 bits per heavy atom. The van der Waals surface area contributed by atoms with Gasteiger partial charge in [0.05, 0.1) is 18.2 Å². The van der Waals surface area contributed by atoms with E-state index < -0.39 is 0 Å². The van der Waals surface area contributed by atoms with Crippen LogP contribution in [-0.4, -0.2) is 17.8 Å². The summed E-state index contributed by atoms with van der Waals surface area (Å²) >= 11 is 0. The molecule has 2 heterocycles. The van der Waals surface area contributed by atoms with E-state index in [0.717, 1.165) is 39.3 Å². The van der Waals surface area contributed by atoms with Crippen LogP contribution in [0.5, 0.6) is 17.2 Å². The Kier molecular flexibility index (Phi) is 5.57. The van der Waals surface area contributed by atoms with Crippen LogP contribution in [0.2, 0.25) is 0 Å². The summed E-state index contributed by atoms with van der Waals surface area (Å²) in [6.07, 6.45) is 4.39. The van der Waals surface area contributed by atoms with Crippen molar-refractivity contribution in [3.05, 3.63) is 101 Å². The van der Waals surface area contributed by atoms with Gasteiger partial charge in [-0.2, -0.15) is 0 Å². The molecule has 0 unspecified atom stereocenters. The van der Waals surface area contributed by atoms with Gasteiger partial charge in [0.15, 0.2) is 11.5 Å². The normalized spacial score (nSPS) is 15.9. The molecule has 0 spiro atoms. The van der Waals surface area contributed by atoms with E-state index in [-0.39, 0.29) is 11.3 Å². The third-order valence-electron chi connectivity index (χ3n) is 7.42. The number of aromatic hydroxyl groups is 1. The molecule has 0 bridgehead atoms. The third kappa shape index (κ3) is 3.84. The van der Waals surface area contributed by atoms with Gasteiger partial charge in [-0.05, 0) is 79.8 Å². The molecule has 190 valence electrons. The lowest BCUT2D eigenvalue weighted by Crippen LogP contribution is -2.32. The van der Waals surface area contributed by atoms with E-state index in [4.69, 9.17) is 9.47 Å². The van der Waals surface area contributed by atoms with Gasteiger partial charge in [-0.15, -0.1) is 0 Å². The van der Waals surface area contributed by atoms with Gasteiger partial charge in [-0.3, -0.25) is 0 Å². The van der Waals surface area contributed by atoms with Crippen molar-refractivity contribution in [2.45, 2.75) is 33.2 Å². The molecular weight excluding hydrogens is 470 g/mol. The molecule has 2 aliphatic heterocycles. The maximum atomic E-state index is 10.6. The monoisotopic (exact) mass is 501 g/mol. The number of fused-ring (bicyclic) bond motifs is 5. The van der Waals surface area contributed by atoms with Gasteiger partial charge < -0.3 is 19.9 Å². The van der Waals surface area contributed by atoms with E-state index in [0.29, 0.717) is 11.5 Å². The number of nitrogens with one attached hydrogen (secondary N) is 1. The summed E-state index contributed by atoms with van der Waals surface area (Å²) in [5.74, 6) is 1.92. The maximum Gasteiger partial charge on any atom is 0.172 e. The highest BCUT2D eigenvalue weighted by Gasteiger charge is 2.33. The highest BCUT2D eigenvalue weighted by Crippen LogP contribution is 2.54. The summed E-state index contributed by atoms with van der Waals surface area (Å²) in [5, 5.41) is 14.3. The largest absolute Gasteiger partial charge is 0.504 e. The molecule has 2 N–H and O–H groups in total. The van der Waals surface area contributed by atoms with Crippen LogP contribution in [0, 0.1) is 6.92 Å². The summed E-state index contributed by atoms with van der Waals surface area (Å²) in [7, 11) is 1.58. The number of ether oxygens (including phenoxy) is 2. The van der Waals surface area contributed by atoms with E-state index in [1.807, 2.05) is 6.07 Å². The molecule has 0 saturated carbocycles. The number of allylic oxidation sites excluding steroid dienone is 1. The fraction of sp³-hybridized carbons (Fsp3) is 0.176. The Morgan fingerprint density at radius 3 is 2.39 bits per heavy atom. The van der Waals surface area contributed by atoms with Crippen molar-refractivity contribution < 1.29 is 14.6 Å². The highest BCUT2D eigenvalue weighted by molar-refractivity contribution is 6.02. The van der Waals surface area contributed by atoms with Crippen LogP contribution in [-0.2, 0) is 0 Å². The zero-order valence-corrected chi connectivity index (χ0v) is 22.3. The number of hydrogen-bond acceptors (Lipinski definition) is 4. The van der Waals surface area contributed by atoms with Gasteiger partial charge >= 0.3 is 0 Å². The fourth-order valence-corrected chi connectivity index (χ4v) is 5.83. The summed E-state index contributed by atoms with van der Waals surface area (Å²) in [4.78, 5) is 0. The first kappa shape index (κ1) is 23.9. The van der Waals surface area contributed by atoms with Crippen molar-refractivity contribution in [2.24, 2.45) is 0 Å². The Labute approximate surface area is 223 Å². The Bertz CT molecular complexity index is 1640. The van der Waals surface area contributed by atoms with Crippen molar-refractivity contribution in [3.8, 4) is 39.5 Å². The Morgan fingerprint density at radius 2 is 1.63 bits per heavy atom. The number of anilines is 1. The summed E-state index contributed by atoms with van der Waals surface area (Å²) in [5.41, 5.74) is 10.5. The average Bonchev–Trinajstić information content (AvgIpc) is 2.89. The molecule has 0 radical (unpaired) electrons. The average molecular weight is 502 g/mol. The highest BCUT2D eigenvalue weighted by atomic mass is 16.5. The molecule has 0 saturated heterocycles. The van der Waals surface area contributed by atoms with E-state index in [2.05, 4.69) is 99.8 Å². The van der Waals surface area contributed by atoms with E-state index in [1.165, 1.54) is 22.3 Å². The van der Waals surface area contributed by atoms with Crippen LogP contribution < -0.4 is 14.8 Å². The minimum atomic E-state index is -0.167. The van der Waals surface area contributed by atoms with Gasteiger partial charge in [-0.25, -0.2) is 0 Å². The molecule has 6 rings (SSSR count). The molecule has 0 fully saturated rings. The first-order chi connectivity index (χ1) is 18.3. The van der Waals surface area contributed by atoms with Crippen LogP contribution in [0.25, 0.3) is 39.7 Å². The lowest BCUT2D eigenvalue weighted by atomic mass is 9.82. The zero-order valence-electron chi connectivity index (χ0n) is 22.3. The van der Waals surface area contributed by atoms with Crippen LogP contribution in [0.4, 0.5) is 5.69 Å². The Balaban J connectivity index is 1.62. The first-order valence-electron chi connectivity index (χ1n) is 12.9. The molecule has 38 heavy (non-hydrogen) atoms. The maximum absolute atomic E-state index is 10.6. The van der Waals surface area contributed by atoms with E-state index in [9.17, 15) is 5.11 Å². The second kappa shape index (κ2) is 8.84. The third-order valence-corrected chi connectivity index (χ3v) is 7.42. The second-order valence-electron chi connectivity index (χ2n) is 10.6. The van der Waals surface area contributed by atoms with Crippen molar-refractivity contribution in [3.63, 3.8) is 0 Å². The fourth-order valence-electron chi connectivity index (χ4n) is 5.83. The van der Waals surface area contributed by atoms with Crippen LogP contribution >= 0.6 is 0 Å². The molecule has 0 amide bonds.